The van der Waals surface area contributed by atoms with E-state index in [1.54, 1.807) is 0 Å². The van der Waals surface area contributed by atoms with Crippen molar-refractivity contribution in [3.8, 4) is 0 Å². The lowest BCUT2D eigenvalue weighted by molar-refractivity contribution is -0.120. The van der Waals surface area contributed by atoms with Gasteiger partial charge in [0.15, 0.2) is 5.76 Å². The molecule has 1 amide bonds. The van der Waals surface area contributed by atoms with Crippen LogP contribution in [0.4, 0.5) is 0 Å². The van der Waals surface area contributed by atoms with Crippen LogP contribution in [0.5, 0.6) is 0 Å². The van der Waals surface area contributed by atoms with Gasteiger partial charge in [0.25, 0.3) is 5.91 Å². The van der Waals surface area contributed by atoms with Gasteiger partial charge in [0, 0.05) is 6.54 Å². The molecule has 3 nitrogen and oxygen atoms in total. The van der Waals surface area contributed by atoms with Crippen LogP contribution in [0.25, 0.3) is 0 Å². The van der Waals surface area contributed by atoms with Crippen LogP contribution in [0, 0.1) is 0 Å². The molecule has 0 saturated carbocycles. The van der Waals surface area contributed by atoms with Gasteiger partial charge in [0.1, 0.15) is 0 Å². The zero-order chi connectivity index (χ0) is 7.98. The summed E-state index contributed by atoms with van der Waals surface area (Å²) < 4.78 is 4.85. The minimum Gasteiger partial charge on any atom is -0.489 e. The van der Waals surface area contributed by atoms with E-state index in [0.717, 1.165) is 0 Å². The summed E-state index contributed by atoms with van der Waals surface area (Å²) in [5, 5.41) is 2.57. The number of carbonyl (C=O) groups is 1. The smallest absolute Gasteiger partial charge is 0.285 e. The Hall–Kier alpha value is -0.990. The molecule has 0 rings (SSSR count). The molecule has 0 radical (unpaired) electrons. The summed E-state index contributed by atoms with van der Waals surface area (Å²) in [5.41, 5.74) is 0. The van der Waals surface area contributed by atoms with E-state index in [2.05, 4.69) is 11.9 Å². The van der Waals surface area contributed by atoms with Crippen LogP contribution in [-0.4, -0.2) is 19.1 Å². The zero-order valence-electron chi connectivity index (χ0n) is 6.44. The van der Waals surface area contributed by atoms with E-state index in [1.807, 2.05) is 13.8 Å². The van der Waals surface area contributed by atoms with E-state index in [1.165, 1.54) is 0 Å². The molecule has 58 valence electrons. The van der Waals surface area contributed by atoms with Crippen molar-refractivity contribution in [3.63, 3.8) is 0 Å². The second-order valence-corrected chi connectivity index (χ2v) is 1.72. The fourth-order valence-corrected chi connectivity index (χ4v) is 0.499. The molecule has 0 heterocycles. The third-order valence-electron chi connectivity index (χ3n) is 0.909. The third-order valence-corrected chi connectivity index (χ3v) is 0.909. The van der Waals surface area contributed by atoms with Gasteiger partial charge in [-0.1, -0.05) is 6.58 Å². The summed E-state index contributed by atoms with van der Waals surface area (Å²) in [6.45, 7) is 8.17. The van der Waals surface area contributed by atoms with Crippen LogP contribution in [0.15, 0.2) is 12.3 Å². The SMILES string of the molecule is C=C(OCC)C(=O)NCC. The van der Waals surface area contributed by atoms with E-state index >= 15 is 0 Å². The van der Waals surface area contributed by atoms with Crippen LogP contribution in [0.2, 0.25) is 0 Å². The van der Waals surface area contributed by atoms with Gasteiger partial charge < -0.3 is 10.1 Å². The van der Waals surface area contributed by atoms with E-state index in [4.69, 9.17) is 4.74 Å². The molecular weight excluding hydrogens is 130 g/mol. The van der Waals surface area contributed by atoms with Crippen molar-refractivity contribution in [1.29, 1.82) is 0 Å². The minimum atomic E-state index is -0.232. The van der Waals surface area contributed by atoms with Crippen molar-refractivity contribution in [2.75, 3.05) is 13.2 Å². The Kier molecular flexibility index (Phi) is 4.37. The van der Waals surface area contributed by atoms with Gasteiger partial charge >= 0.3 is 0 Å². The molecule has 0 aromatic carbocycles. The Balaban J connectivity index is 3.60. The summed E-state index contributed by atoms with van der Waals surface area (Å²) in [5.74, 6) is -0.0475. The molecule has 0 saturated heterocycles. The molecule has 0 spiro atoms. The number of hydrogen-bond donors (Lipinski definition) is 1. The fraction of sp³-hybridized carbons (Fsp3) is 0.571. The largest absolute Gasteiger partial charge is 0.489 e. The Labute approximate surface area is 61.1 Å². The Morgan fingerprint density at radius 3 is 2.60 bits per heavy atom. The van der Waals surface area contributed by atoms with Crippen LogP contribution in [0.1, 0.15) is 13.8 Å². The number of amides is 1. The second kappa shape index (κ2) is 4.85. The molecule has 0 unspecified atom stereocenters. The monoisotopic (exact) mass is 143 g/mol. The summed E-state index contributed by atoms with van der Waals surface area (Å²) in [4.78, 5) is 10.8. The number of ether oxygens (including phenoxy) is 1. The van der Waals surface area contributed by atoms with Crippen molar-refractivity contribution in [2.24, 2.45) is 0 Å². The molecule has 3 heteroatoms. The van der Waals surface area contributed by atoms with Gasteiger partial charge in [-0.25, -0.2) is 0 Å². The number of nitrogens with one attached hydrogen (secondary N) is 1. The molecule has 0 aromatic rings. The highest BCUT2D eigenvalue weighted by atomic mass is 16.5. The topological polar surface area (TPSA) is 38.3 Å². The summed E-state index contributed by atoms with van der Waals surface area (Å²) in [7, 11) is 0. The Morgan fingerprint density at radius 1 is 1.60 bits per heavy atom. The number of likely N-dealkylation sites (N-methyl/N-ethyl adjacent to an activating group) is 1. The standard InChI is InChI=1S/C7H13NO2/c1-4-8-7(9)6(3)10-5-2/h3-5H2,1-2H3,(H,8,9). The van der Waals surface area contributed by atoms with Crippen molar-refractivity contribution in [1.82, 2.24) is 5.32 Å². The van der Waals surface area contributed by atoms with Gasteiger partial charge in [-0.3, -0.25) is 4.79 Å². The van der Waals surface area contributed by atoms with Gasteiger partial charge in [-0.05, 0) is 13.8 Å². The number of rotatable bonds is 4. The zero-order valence-corrected chi connectivity index (χ0v) is 6.44. The predicted molar refractivity (Wildman–Crippen MR) is 39.4 cm³/mol. The second-order valence-electron chi connectivity index (χ2n) is 1.72. The predicted octanol–water partition coefficient (Wildman–Crippen LogP) is 0.673. The number of hydrogen-bond acceptors (Lipinski definition) is 2. The van der Waals surface area contributed by atoms with Crippen LogP contribution in [-0.2, 0) is 9.53 Å². The molecule has 0 bridgehead atoms. The average Bonchev–Trinajstić information content (AvgIpc) is 1.89. The van der Waals surface area contributed by atoms with E-state index in [0.29, 0.717) is 13.2 Å². The first-order valence-electron chi connectivity index (χ1n) is 3.32. The maximum Gasteiger partial charge on any atom is 0.285 e. The van der Waals surface area contributed by atoms with E-state index < -0.39 is 0 Å². The molecule has 0 aliphatic rings. The van der Waals surface area contributed by atoms with Crippen molar-refractivity contribution >= 4 is 5.91 Å². The molecule has 10 heavy (non-hydrogen) atoms. The van der Waals surface area contributed by atoms with Gasteiger partial charge in [0.2, 0.25) is 0 Å². The number of carbonyl (C=O) groups excluding carboxylic acids is 1. The van der Waals surface area contributed by atoms with Gasteiger partial charge in [-0.15, -0.1) is 0 Å². The Morgan fingerprint density at radius 2 is 2.20 bits per heavy atom. The van der Waals surface area contributed by atoms with Crippen LogP contribution >= 0.6 is 0 Å². The third kappa shape index (κ3) is 3.12. The van der Waals surface area contributed by atoms with Crippen molar-refractivity contribution < 1.29 is 9.53 Å². The quantitative estimate of drug-likeness (QED) is 0.464. The highest BCUT2D eigenvalue weighted by molar-refractivity contribution is 5.90. The first kappa shape index (κ1) is 9.01. The van der Waals surface area contributed by atoms with Crippen molar-refractivity contribution in [2.45, 2.75) is 13.8 Å². The van der Waals surface area contributed by atoms with Crippen LogP contribution < -0.4 is 5.32 Å². The summed E-state index contributed by atoms with van der Waals surface area (Å²) >= 11 is 0. The molecule has 0 aromatic heterocycles. The Bertz CT molecular complexity index is 116. The minimum absolute atomic E-state index is 0.185. The molecule has 0 fully saturated rings. The first-order valence-corrected chi connectivity index (χ1v) is 3.32. The van der Waals surface area contributed by atoms with Gasteiger partial charge in [-0.2, -0.15) is 0 Å². The highest BCUT2D eigenvalue weighted by Gasteiger charge is 2.03. The van der Waals surface area contributed by atoms with Gasteiger partial charge in [0.05, 0.1) is 6.61 Å². The lowest BCUT2D eigenvalue weighted by Crippen LogP contribution is -2.25. The first-order chi connectivity index (χ1) is 4.72. The maximum absolute atomic E-state index is 10.8. The molecule has 1 N–H and O–H groups in total. The molecule has 0 aliphatic carbocycles. The average molecular weight is 143 g/mol. The summed E-state index contributed by atoms with van der Waals surface area (Å²) in [6, 6.07) is 0. The summed E-state index contributed by atoms with van der Waals surface area (Å²) in [6.07, 6.45) is 0. The fourth-order valence-electron chi connectivity index (χ4n) is 0.499. The molecule has 0 aliphatic heterocycles. The lowest BCUT2D eigenvalue weighted by Gasteiger charge is -2.04. The maximum atomic E-state index is 10.8. The molecule has 0 atom stereocenters. The highest BCUT2D eigenvalue weighted by Crippen LogP contribution is 1.91. The lowest BCUT2D eigenvalue weighted by atomic mass is 10.5. The molecular formula is C7H13NO2. The van der Waals surface area contributed by atoms with E-state index in [-0.39, 0.29) is 11.7 Å². The van der Waals surface area contributed by atoms with Crippen LogP contribution in [0.3, 0.4) is 0 Å². The van der Waals surface area contributed by atoms with E-state index in [9.17, 15) is 4.79 Å². The van der Waals surface area contributed by atoms with Crippen molar-refractivity contribution in [3.05, 3.63) is 12.3 Å². The normalized spacial score (nSPS) is 8.60.